The Morgan fingerprint density at radius 2 is 1.90 bits per heavy atom. The number of carbonyl (C=O) groups is 2. The van der Waals surface area contributed by atoms with Crippen molar-refractivity contribution in [3.63, 3.8) is 0 Å². The van der Waals surface area contributed by atoms with E-state index in [1.807, 2.05) is 57.8 Å². The zero-order valence-electron chi connectivity index (χ0n) is 17.8. The number of nitrogens with zero attached hydrogens (tertiary/aromatic N) is 5. The van der Waals surface area contributed by atoms with Gasteiger partial charge in [-0.05, 0) is 43.7 Å². The van der Waals surface area contributed by atoms with Crippen LogP contribution >= 0.6 is 0 Å². The van der Waals surface area contributed by atoms with Crippen LogP contribution in [0, 0.1) is 0 Å². The van der Waals surface area contributed by atoms with E-state index in [-0.39, 0.29) is 17.7 Å². The summed E-state index contributed by atoms with van der Waals surface area (Å²) in [6.07, 6.45) is 4.33. The van der Waals surface area contributed by atoms with Crippen molar-refractivity contribution in [2.45, 2.75) is 38.6 Å². The lowest BCUT2D eigenvalue weighted by atomic mass is 9.93. The van der Waals surface area contributed by atoms with Gasteiger partial charge < -0.3 is 9.80 Å². The van der Waals surface area contributed by atoms with E-state index in [1.165, 1.54) is 0 Å². The molecule has 1 fully saturated rings. The molecule has 7 nitrogen and oxygen atoms in total. The van der Waals surface area contributed by atoms with E-state index in [1.54, 1.807) is 6.20 Å². The maximum atomic E-state index is 13.2. The summed E-state index contributed by atoms with van der Waals surface area (Å²) in [6, 6.07) is 11.8. The number of carbonyl (C=O) groups excluding carboxylic acids is 2. The fourth-order valence-electron chi connectivity index (χ4n) is 4.77. The van der Waals surface area contributed by atoms with Crippen LogP contribution in [-0.2, 0) is 6.54 Å². The smallest absolute Gasteiger partial charge is 0.273 e. The quantitative estimate of drug-likeness (QED) is 0.655. The fourth-order valence-corrected chi connectivity index (χ4v) is 4.77. The van der Waals surface area contributed by atoms with Gasteiger partial charge in [0.05, 0.1) is 5.69 Å². The van der Waals surface area contributed by atoms with Crippen LogP contribution in [0.2, 0.25) is 0 Å². The number of benzene rings is 1. The molecule has 1 aromatic carbocycles. The van der Waals surface area contributed by atoms with Gasteiger partial charge in [0.2, 0.25) is 0 Å². The van der Waals surface area contributed by atoms with Gasteiger partial charge >= 0.3 is 0 Å². The molecule has 0 atom stereocenters. The molecule has 7 heteroatoms. The number of likely N-dealkylation sites (tertiary alicyclic amines) is 1. The molecule has 0 spiro atoms. The Balaban J connectivity index is 1.30. The van der Waals surface area contributed by atoms with Gasteiger partial charge in [0, 0.05) is 50.2 Å². The van der Waals surface area contributed by atoms with Gasteiger partial charge in [0.1, 0.15) is 11.4 Å². The molecule has 2 amide bonds. The van der Waals surface area contributed by atoms with E-state index < -0.39 is 0 Å². The molecule has 31 heavy (non-hydrogen) atoms. The minimum Gasteiger partial charge on any atom is -0.338 e. The van der Waals surface area contributed by atoms with Crippen LogP contribution in [0.4, 0.5) is 0 Å². The monoisotopic (exact) mass is 417 g/mol. The fraction of sp³-hybridized carbons (Fsp3) is 0.417. The van der Waals surface area contributed by atoms with Crippen LogP contribution in [0.3, 0.4) is 0 Å². The zero-order valence-corrected chi connectivity index (χ0v) is 17.8. The molecular formula is C24H27N5O2. The highest BCUT2D eigenvalue weighted by Gasteiger charge is 2.30. The third-order valence-electron chi connectivity index (χ3n) is 6.56. The lowest BCUT2D eigenvalue weighted by Gasteiger charge is -2.31. The Hall–Kier alpha value is -3.22. The molecule has 5 rings (SSSR count). The highest BCUT2D eigenvalue weighted by atomic mass is 16.2. The Morgan fingerprint density at radius 3 is 2.71 bits per heavy atom. The van der Waals surface area contributed by atoms with E-state index in [4.69, 9.17) is 5.10 Å². The number of pyridine rings is 1. The van der Waals surface area contributed by atoms with Gasteiger partial charge in [-0.25, -0.2) is 0 Å². The van der Waals surface area contributed by atoms with Crippen molar-refractivity contribution in [1.29, 1.82) is 0 Å². The summed E-state index contributed by atoms with van der Waals surface area (Å²) < 4.78 is 1.88. The van der Waals surface area contributed by atoms with Crippen molar-refractivity contribution in [2.24, 2.45) is 0 Å². The number of fused-ring (bicyclic) bond motifs is 2. The Bertz CT molecular complexity index is 1120. The topological polar surface area (TPSA) is 71.3 Å². The molecule has 0 aliphatic carbocycles. The van der Waals surface area contributed by atoms with Gasteiger partial charge in [-0.2, -0.15) is 5.10 Å². The number of hydrogen-bond donors (Lipinski definition) is 0. The summed E-state index contributed by atoms with van der Waals surface area (Å²) in [4.78, 5) is 34.1. The molecule has 0 saturated carbocycles. The molecule has 1 saturated heterocycles. The van der Waals surface area contributed by atoms with Gasteiger partial charge in [-0.1, -0.05) is 24.3 Å². The van der Waals surface area contributed by atoms with Gasteiger partial charge in [-0.3, -0.25) is 19.3 Å². The van der Waals surface area contributed by atoms with Gasteiger partial charge in [-0.15, -0.1) is 0 Å². The molecule has 160 valence electrons. The van der Waals surface area contributed by atoms with Crippen molar-refractivity contribution in [1.82, 2.24) is 24.6 Å². The third-order valence-corrected chi connectivity index (χ3v) is 6.56. The summed E-state index contributed by atoms with van der Waals surface area (Å²) in [5.41, 5.74) is 2.21. The molecule has 3 aromatic rings. The van der Waals surface area contributed by atoms with Crippen LogP contribution in [0.5, 0.6) is 0 Å². The molecule has 0 unspecified atom stereocenters. The average molecular weight is 418 g/mol. The van der Waals surface area contributed by atoms with Crippen LogP contribution in [0.15, 0.2) is 42.6 Å². The predicted molar refractivity (Wildman–Crippen MR) is 118 cm³/mol. The number of aryl methyl sites for hydroxylation is 1. The highest BCUT2D eigenvalue weighted by molar-refractivity contribution is 6.05. The number of piperidine rings is 1. The van der Waals surface area contributed by atoms with E-state index in [9.17, 15) is 9.59 Å². The average Bonchev–Trinajstić information content (AvgIpc) is 3.18. The summed E-state index contributed by atoms with van der Waals surface area (Å²) in [5, 5.41) is 6.70. The molecule has 0 radical (unpaired) electrons. The first-order valence-electron chi connectivity index (χ1n) is 11.2. The van der Waals surface area contributed by atoms with Crippen LogP contribution in [0.1, 0.15) is 58.8 Å². The predicted octanol–water partition coefficient (Wildman–Crippen LogP) is 3.32. The second-order valence-corrected chi connectivity index (χ2v) is 8.36. The molecule has 0 bridgehead atoms. The minimum atomic E-state index is -0.00959. The van der Waals surface area contributed by atoms with Crippen LogP contribution < -0.4 is 0 Å². The molecule has 2 aromatic heterocycles. The van der Waals surface area contributed by atoms with E-state index in [0.717, 1.165) is 55.4 Å². The molecular weight excluding hydrogens is 390 g/mol. The Labute approximate surface area is 181 Å². The van der Waals surface area contributed by atoms with E-state index in [2.05, 4.69) is 4.98 Å². The number of hydrogen-bond acceptors (Lipinski definition) is 4. The maximum Gasteiger partial charge on any atom is 0.273 e. The maximum absolute atomic E-state index is 13.2. The second-order valence-electron chi connectivity index (χ2n) is 8.36. The SMILES string of the molecule is CCN1CCCn2nc(C3CCN(C(=O)c4nccc5ccccc45)CC3)cc2C1=O. The first-order chi connectivity index (χ1) is 15.2. The standard InChI is InChI=1S/C24H27N5O2/c1-2-27-12-5-13-29-21(23(27)30)16-20(26-29)18-9-14-28(15-10-18)24(31)22-19-7-4-3-6-17(19)8-11-25-22/h3-4,6-8,11,16,18H,2,5,9-10,12-15H2,1H3. The number of aromatic nitrogens is 3. The summed E-state index contributed by atoms with van der Waals surface area (Å²) in [7, 11) is 0. The lowest BCUT2D eigenvalue weighted by molar-refractivity contribution is 0.0707. The molecule has 0 N–H and O–H groups in total. The van der Waals surface area contributed by atoms with Gasteiger partial charge in [0.15, 0.2) is 0 Å². The van der Waals surface area contributed by atoms with Crippen molar-refractivity contribution >= 4 is 22.6 Å². The molecule has 4 heterocycles. The van der Waals surface area contributed by atoms with Crippen LogP contribution in [0.25, 0.3) is 10.8 Å². The molecule has 2 aliphatic heterocycles. The van der Waals surface area contributed by atoms with Crippen molar-refractivity contribution < 1.29 is 9.59 Å². The zero-order chi connectivity index (χ0) is 21.4. The van der Waals surface area contributed by atoms with Crippen molar-refractivity contribution in [3.05, 3.63) is 59.7 Å². The first-order valence-corrected chi connectivity index (χ1v) is 11.2. The second kappa shape index (κ2) is 8.13. The van der Waals surface area contributed by atoms with E-state index >= 15 is 0 Å². The largest absolute Gasteiger partial charge is 0.338 e. The number of rotatable bonds is 3. The van der Waals surface area contributed by atoms with Crippen molar-refractivity contribution in [3.8, 4) is 0 Å². The summed E-state index contributed by atoms with van der Waals surface area (Å²) in [5.74, 6) is 0.338. The lowest BCUT2D eigenvalue weighted by Crippen LogP contribution is -2.38. The van der Waals surface area contributed by atoms with Gasteiger partial charge in [0.25, 0.3) is 11.8 Å². The Kier molecular flexibility index (Phi) is 5.18. The number of amides is 2. The summed E-state index contributed by atoms with van der Waals surface area (Å²) in [6.45, 7) is 5.65. The summed E-state index contributed by atoms with van der Waals surface area (Å²) >= 11 is 0. The van der Waals surface area contributed by atoms with Crippen LogP contribution in [-0.4, -0.2) is 62.6 Å². The minimum absolute atomic E-state index is 0.00959. The highest BCUT2D eigenvalue weighted by Crippen LogP contribution is 2.30. The third kappa shape index (κ3) is 3.58. The first kappa shape index (κ1) is 19.7. The van der Waals surface area contributed by atoms with E-state index in [0.29, 0.717) is 24.5 Å². The Morgan fingerprint density at radius 1 is 1.10 bits per heavy atom. The molecule has 2 aliphatic rings. The van der Waals surface area contributed by atoms with Crippen molar-refractivity contribution in [2.75, 3.05) is 26.2 Å². The normalized spacial score (nSPS) is 17.6.